The van der Waals surface area contributed by atoms with Crippen LogP contribution in [0.4, 0.5) is 17.1 Å². The number of nitrogens with zero attached hydrogens (tertiary/aromatic N) is 1. The normalized spacial score (nSPS) is 11.3. The molecule has 0 N–H and O–H groups in total. The largest absolute Gasteiger partial charge is 0.310 e. The lowest BCUT2D eigenvalue weighted by atomic mass is 9.90. The van der Waals surface area contributed by atoms with Crippen LogP contribution in [0, 0.1) is 27.7 Å². The summed E-state index contributed by atoms with van der Waals surface area (Å²) in [4.78, 5) is 2.34. The first kappa shape index (κ1) is 30.4. The predicted octanol–water partition coefficient (Wildman–Crippen LogP) is 13.8. The number of benzene rings is 9. The molecular weight excluding hydrogens is 591 g/mol. The summed E-state index contributed by atoms with van der Waals surface area (Å²) in [6.45, 7) is 8.67. The third-order valence-corrected chi connectivity index (χ3v) is 10.1. The van der Waals surface area contributed by atoms with Crippen molar-refractivity contribution in [2.45, 2.75) is 27.7 Å². The van der Waals surface area contributed by atoms with Gasteiger partial charge in [-0.1, -0.05) is 127 Å². The van der Waals surface area contributed by atoms with Crippen molar-refractivity contribution in [1.82, 2.24) is 0 Å². The van der Waals surface area contributed by atoms with Gasteiger partial charge >= 0.3 is 0 Å². The molecule has 49 heavy (non-hydrogen) atoms. The summed E-state index contributed by atoms with van der Waals surface area (Å²) >= 11 is 0. The molecule has 9 rings (SSSR count). The first-order chi connectivity index (χ1) is 24.0. The number of aryl methyl sites for hydroxylation is 4. The van der Waals surface area contributed by atoms with Crippen molar-refractivity contribution in [3.05, 3.63) is 186 Å². The Morgan fingerprint density at radius 3 is 1.10 bits per heavy atom. The van der Waals surface area contributed by atoms with Gasteiger partial charge in [0.15, 0.2) is 0 Å². The van der Waals surface area contributed by atoms with Crippen molar-refractivity contribution in [2.75, 3.05) is 4.90 Å². The van der Waals surface area contributed by atoms with Crippen LogP contribution in [0.3, 0.4) is 0 Å². The Bertz CT molecular complexity index is 2360. The molecule has 0 saturated heterocycles. The van der Waals surface area contributed by atoms with Gasteiger partial charge in [0, 0.05) is 17.1 Å². The molecule has 0 spiro atoms. The third kappa shape index (κ3) is 5.58. The summed E-state index contributed by atoms with van der Waals surface area (Å²) in [5.41, 5.74) is 11.2. The molecule has 236 valence electrons. The minimum Gasteiger partial charge on any atom is -0.310 e. The Kier molecular flexibility index (Phi) is 7.82. The highest BCUT2D eigenvalue weighted by molar-refractivity contribution is 6.32. The monoisotopic (exact) mass is 629 g/mol. The molecule has 0 heterocycles. The van der Waals surface area contributed by atoms with Gasteiger partial charge < -0.3 is 4.90 Å². The van der Waals surface area contributed by atoms with Crippen molar-refractivity contribution < 1.29 is 0 Å². The molecule has 0 amide bonds. The Labute approximate surface area is 289 Å². The van der Waals surface area contributed by atoms with Gasteiger partial charge in [-0.05, 0) is 141 Å². The first-order valence-corrected chi connectivity index (χ1v) is 17.1. The van der Waals surface area contributed by atoms with E-state index in [0.717, 1.165) is 5.69 Å². The van der Waals surface area contributed by atoms with Crippen molar-refractivity contribution in [3.63, 3.8) is 0 Å². The van der Waals surface area contributed by atoms with Crippen LogP contribution in [-0.4, -0.2) is 0 Å². The fourth-order valence-corrected chi connectivity index (χ4v) is 7.19. The van der Waals surface area contributed by atoms with Gasteiger partial charge in [-0.15, -0.1) is 0 Å². The summed E-state index contributed by atoms with van der Waals surface area (Å²) in [5.74, 6) is 0. The molecule has 9 aromatic carbocycles. The van der Waals surface area contributed by atoms with Gasteiger partial charge in [0.05, 0.1) is 0 Å². The van der Waals surface area contributed by atoms with E-state index in [2.05, 4.69) is 196 Å². The van der Waals surface area contributed by atoms with E-state index in [-0.39, 0.29) is 0 Å². The Balaban J connectivity index is 0.000000151. The van der Waals surface area contributed by atoms with Crippen LogP contribution in [0.25, 0.3) is 54.2 Å². The molecule has 0 aliphatic carbocycles. The molecule has 0 aliphatic heterocycles. The molecule has 0 bridgehead atoms. The molecule has 0 atom stereocenters. The minimum absolute atomic E-state index is 1.16. The molecule has 0 unspecified atom stereocenters. The molecular formula is C48H39N. The number of hydrogen-bond donors (Lipinski definition) is 0. The SMILES string of the molecule is Cc1ccc(N(c2ccc(-c3ccccc3)cc2)c2ccc(C)c(C)c2)cc1C.c1cc2cccc3c4cccc5cccc(c(c1)c23)c54. The lowest BCUT2D eigenvalue weighted by Gasteiger charge is -2.27. The molecule has 1 nitrogen and oxygen atoms in total. The van der Waals surface area contributed by atoms with Gasteiger partial charge in [-0.2, -0.15) is 0 Å². The fraction of sp³-hybridized carbons (Fsp3) is 0.0833. The van der Waals surface area contributed by atoms with Crippen LogP contribution in [0.2, 0.25) is 0 Å². The molecule has 0 aromatic heterocycles. The number of fused-ring (bicyclic) bond motifs is 2. The van der Waals surface area contributed by atoms with E-state index in [0.29, 0.717) is 0 Å². The summed E-state index contributed by atoms with van der Waals surface area (Å²) < 4.78 is 0. The maximum atomic E-state index is 2.34. The van der Waals surface area contributed by atoms with Crippen molar-refractivity contribution in [1.29, 1.82) is 0 Å². The van der Waals surface area contributed by atoms with Crippen LogP contribution >= 0.6 is 0 Å². The van der Waals surface area contributed by atoms with Crippen LogP contribution in [0.5, 0.6) is 0 Å². The maximum absolute atomic E-state index is 2.34. The Morgan fingerprint density at radius 1 is 0.306 bits per heavy atom. The number of rotatable bonds is 4. The molecule has 0 saturated carbocycles. The molecule has 0 aliphatic rings. The molecule has 9 aromatic rings. The number of hydrogen-bond acceptors (Lipinski definition) is 1. The second kappa shape index (κ2) is 12.6. The molecule has 1 heteroatoms. The van der Waals surface area contributed by atoms with Crippen molar-refractivity contribution >= 4 is 60.2 Å². The van der Waals surface area contributed by atoms with Gasteiger partial charge in [-0.3, -0.25) is 0 Å². The van der Waals surface area contributed by atoms with E-state index in [1.165, 1.54) is 87.8 Å². The quantitative estimate of drug-likeness (QED) is 0.138. The lowest BCUT2D eigenvalue weighted by Crippen LogP contribution is -2.10. The first-order valence-electron chi connectivity index (χ1n) is 17.1. The maximum Gasteiger partial charge on any atom is 0.0464 e. The average Bonchev–Trinajstić information content (AvgIpc) is 3.14. The minimum atomic E-state index is 1.16. The van der Waals surface area contributed by atoms with Crippen molar-refractivity contribution in [2.24, 2.45) is 0 Å². The highest BCUT2D eigenvalue weighted by atomic mass is 15.1. The lowest BCUT2D eigenvalue weighted by molar-refractivity contribution is 1.23. The smallest absolute Gasteiger partial charge is 0.0464 e. The predicted molar refractivity (Wildman–Crippen MR) is 213 cm³/mol. The van der Waals surface area contributed by atoms with Gasteiger partial charge in [0.2, 0.25) is 0 Å². The highest BCUT2D eigenvalue weighted by Gasteiger charge is 2.15. The fourth-order valence-electron chi connectivity index (χ4n) is 7.19. The van der Waals surface area contributed by atoms with Crippen LogP contribution in [-0.2, 0) is 0 Å². The van der Waals surface area contributed by atoms with Gasteiger partial charge in [0.25, 0.3) is 0 Å². The summed E-state index contributed by atoms with van der Waals surface area (Å²) in [5, 5.41) is 10.9. The van der Waals surface area contributed by atoms with E-state index in [1.807, 2.05) is 0 Å². The zero-order valence-corrected chi connectivity index (χ0v) is 28.5. The Morgan fingerprint density at radius 2 is 0.694 bits per heavy atom. The highest BCUT2D eigenvalue weighted by Crippen LogP contribution is 2.40. The van der Waals surface area contributed by atoms with Gasteiger partial charge in [-0.25, -0.2) is 0 Å². The average molecular weight is 630 g/mol. The Hall–Kier alpha value is -5.92. The topological polar surface area (TPSA) is 3.24 Å². The molecule has 0 radical (unpaired) electrons. The molecule has 0 fully saturated rings. The van der Waals surface area contributed by atoms with Crippen LogP contribution in [0.1, 0.15) is 22.3 Å². The van der Waals surface area contributed by atoms with Crippen molar-refractivity contribution in [3.8, 4) is 11.1 Å². The van der Waals surface area contributed by atoms with Gasteiger partial charge in [0.1, 0.15) is 0 Å². The summed E-state index contributed by atoms with van der Waals surface area (Å²) in [6.07, 6.45) is 0. The second-order valence-corrected chi connectivity index (χ2v) is 13.2. The van der Waals surface area contributed by atoms with E-state index >= 15 is 0 Å². The number of anilines is 3. The van der Waals surface area contributed by atoms with E-state index in [1.54, 1.807) is 0 Å². The van der Waals surface area contributed by atoms with E-state index in [9.17, 15) is 0 Å². The second-order valence-electron chi connectivity index (χ2n) is 13.2. The zero-order valence-electron chi connectivity index (χ0n) is 28.5. The van der Waals surface area contributed by atoms with Crippen LogP contribution < -0.4 is 4.90 Å². The summed E-state index contributed by atoms with van der Waals surface area (Å²) in [7, 11) is 0. The van der Waals surface area contributed by atoms with Crippen LogP contribution in [0.15, 0.2) is 164 Å². The summed E-state index contributed by atoms with van der Waals surface area (Å²) in [6, 6.07) is 59.2. The van der Waals surface area contributed by atoms with E-state index < -0.39 is 0 Å². The third-order valence-electron chi connectivity index (χ3n) is 10.1. The zero-order chi connectivity index (χ0) is 33.5. The standard InChI is InChI=1S/C28H27N.C20H12/c1-20-10-14-27(18-22(20)3)29(28-15-11-21(2)23(4)19-28)26-16-12-25(13-17-26)24-8-6-5-7-9-24;1-5-13-6-2-11-17-18-12-4-8-14-7-3-10-16(20(14)18)15(9-1)19(13)17/h5-19H,1-4H3;1-12H. The van der Waals surface area contributed by atoms with E-state index in [4.69, 9.17) is 0 Å².